The number of hydrogen-bond donors (Lipinski definition) is 0. The van der Waals surface area contributed by atoms with Crippen LogP contribution < -0.4 is 0 Å². The number of hydrogen-bond acceptors (Lipinski definition) is 4. The van der Waals surface area contributed by atoms with E-state index in [2.05, 4.69) is 93.8 Å². The van der Waals surface area contributed by atoms with Gasteiger partial charge in [-0.15, -0.1) is 23.0 Å². The Hall–Kier alpha value is -4.16. The Bertz CT molecular complexity index is 1440. The lowest BCUT2D eigenvalue weighted by Crippen LogP contribution is -2.06. The average Bonchev–Trinajstić information content (AvgIpc) is 3.65. The van der Waals surface area contributed by atoms with E-state index in [0.29, 0.717) is 0 Å². The lowest BCUT2D eigenvalue weighted by Gasteiger charge is -2.09. The quantitative estimate of drug-likeness (QED) is 0.112. The number of terminal acetylenes is 2. The predicted molar refractivity (Wildman–Crippen MR) is 172 cm³/mol. The minimum atomic E-state index is 0.903. The van der Waals surface area contributed by atoms with Crippen molar-refractivity contribution in [2.75, 3.05) is 0 Å². The summed E-state index contributed by atoms with van der Waals surface area (Å²) in [7, 11) is 0. The van der Waals surface area contributed by atoms with Crippen LogP contribution in [0.3, 0.4) is 0 Å². The molecule has 0 aliphatic rings. The lowest BCUT2D eigenvalue weighted by molar-refractivity contribution is 0.482. The molecule has 0 aliphatic carbocycles. The van der Waals surface area contributed by atoms with Crippen molar-refractivity contribution in [1.29, 1.82) is 0 Å². The van der Waals surface area contributed by atoms with Crippen LogP contribution in [0.1, 0.15) is 99.9 Å². The molecule has 0 bridgehead atoms. The van der Waals surface area contributed by atoms with Crippen LogP contribution in [0.25, 0.3) is 22.5 Å². The predicted octanol–water partition coefficient (Wildman–Crippen LogP) is 7.46. The van der Waals surface area contributed by atoms with Crippen molar-refractivity contribution < 1.29 is 0 Å². The minimum absolute atomic E-state index is 0.903. The molecule has 0 spiro atoms. The summed E-state index contributed by atoms with van der Waals surface area (Å²) in [6, 6.07) is 12.5. The third kappa shape index (κ3) is 7.00. The third-order valence-electron chi connectivity index (χ3n) is 8.16. The topological polar surface area (TPSA) is 61.4 Å². The van der Waals surface area contributed by atoms with Gasteiger partial charge in [-0.3, -0.25) is 0 Å². The molecule has 0 N–H and O–H groups in total. The van der Waals surface area contributed by atoms with Gasteiger partial charge < -0.3 is 0 Å². The maximum absolute atomic E-state index is 5.66. The van der Waals surface area contributed by atoms with Gasteiger partial charge in [-0.05, 0) is 73.9 Å². The van der Waals surface area contributed by atoms with E-state index in [1.807, 2.05) is 12.1 Å². The smallest absolute Gasteiger partial charge is 0.116 e. The first-order valence-electron chi connectivity index (χ1n) is 15.6. The van der Waals surface area contributed by atoms with Gasteiger partial charge in [0.05, 0.1) is 11.4 Å². The van der Waals surface area contributed by atoms with E-state index in [1.165, 1.54) is 48.2 Å². The first-order valence-corrected chi connectivity index (χ1v) is 15.6. The van der Waals surface area contributed by atoms with Crippen LogP contribution in [-0.4, -0.2) is 30.0 Å². The highest BCUT2D eigenvalue weighted by Crippen LogP contribution is 2.26. The molecule has 0 fully saturated rings. The molecule has 4 rings (SSSR count). The van der Waals surface area contributed by atoms with Gasteiger partial charge in [0, 0.05) is 35.3 Å². The van der Waals surface area contributed by atoms with Crippen LogP contribution in [0.15, 0.2) is 36.4 Å². The maximum atomic E-state index is 5.66. The fraction of sp³-hybridized carbons (Fsp3) is 0.444. The van der Waals surface area contributed by atoms with E-state index in [0.717, 1.165) is 85.3 Å². The molecule has 6 heteroatoms. The van der Waals surface area contributed by atoms with Gasteiger partial charge in [0.15, 0.2) is 0 Å². The van der Waals surface area contributed by atoms with Gasteiger partial charge in [0.25, 0.3) is 0 Å². The van der Waals surface area contributed by atoms with Crippen molar-refractivity contribution in [1.82, 2.24) is 30.0 Å². The molecule has 2 aromatic heterocycles. The molecule has 6 nitrogen and oxygen atoms in total. The largest absolute Gasteiger partial charge is 0.249 e. The highest BCUT2D eigenvalue weighted by atomic mass is 15.4. The number of rotatable bonds is 15. The highest BCUT2D eigenvalue weighted by molar-refractivity contribution is 5.65. The Kier molecular flexibility index (Phi) is 11.1. The first kappa shape index (κ1) is 30.8. The molecule has 0 aliphatic heterocycles. The van der Waals surface area contributed by atoms with Crippen LogP contribution in [0.5, 0.6) is 0 Å². The zero-order valence-electron chi connectivity index (χ0n) is 25.8. The highest BCUT2D eigenvalue weighted by Gasteiger charge is 2.16. The summed E-state index contributed by atoms with van der Waals surface area (Å²) in [5.41, 5.74) is 10.8. The zero-order chi connectivity index (χ0) is 29.9. The summed E-state index contributed by atoms with van der Waals surface area (Å²) in [5, 5.41) is 18.1. The minimum Gasteiger partial charge on any atom is -0.249 e. The summed E-state index contributed by atoms with van der Waals surface area (Å²) in [6.45, 7) is 10.4. The number of benzene rings is 2. The maximum Gasteiger partial charge on any atom is 0.116 e. The van der Waals surface area contributed by atoms with Crippen LogP contribution in [0, 0.1) is 24.7 Å². The summed E-state index contributed by atoms with van der Waals surface area (Å²) in [6.07, 6.45) is 22.0. The monoisotopic (exact) mass is 560 g/mol. The number of aryl methyl sites for hydroxylation is 4. The van der Waals surface area contributed by atoms with E-state index in [4.69, 9.17) is 12.8 Å². The van der Waals surface area contributed by atoms with Crippen molar-refractivity contribution in [2.24, 2.45) is 0 Å². The second-order valence-electron chi connectivity index (χ2n) is 10.8. The molecule has 2 heterocycles. The average molecular weight is 561 g/mol. The van der Waals surface area contributed by atoms with Gasteiger partial charge >= 0.3 is 0 Å². The summed E-state index contributed by atoms with van der Waals surface area (Å²) < 4.78 is 4.18. The molecular formula is C36H44N6. The zero-order valence-corrected chi connectivity index (χ0v) is 25.8. The van der Waals surface area contributed by atoms with Gasteiger partial charge in [0.1, 0.15) is 11.4 Å². The second kappa shape index (κ2) is 15.2. The molecule has 218 valence electrons. The fourth-order valence-electron chi connectivity index (χ4n) is 5.75. The van der Waals surface area contributed by atoms with Crippen molar-refractivity contribution >= 4 is 0 Å². The van der Waals surface area contributed by atoms with Crippen LogP contribution in [0.4, 0.5) is 0 Å². The summed E-state index contributed by atoms with van der Waals surface area (Å²) >= 11 is 0. The van der Waals surface area contributed by atoms with E-state index >= 15 is 0 Å². The molecule has 0 amide bonds. The van der Waals surface area contributed by atoms with Crippen molar-refractivity contribution in [3.05, 3.63) is 70.0 Å². The van der Waals surface area contributed by atoms with Crippen molar-refractivity contribution in [2.45, 2.75) is 105 Å². The molecule has 0 saturated heterocycles. The Labute approximate surface area is 251 Å². The normalized spacial score (nSPS) is 11.0. The summed E-state index contributed by atoms with van der Waals surface area (Å²) in [5.74, 6) is 5.57. The van der Waals surface area contributed by atoms with Gasteiger partial charge in [-0.1, -0.05) is 87.8 Å². The molecule has 2 aromatic carbocycles. The Balaban J connectivity index is 1.23. The standard InChI is InChI=1S/C36H44N6/c1-7-27-19-21-31(25-29(27)9-3)35-33(11-5)41(39-37-35)23-17-15-13-14-16-18-24-42-34(12-6)36(38-40-42)32-22-20-28(8-2)30(10-4)26-32/h1-2,19-22,25-26H,9-18,23-24H2,3-6H3. The Morgan fingerprint density at radius 3 is 1.33 bits per heavy atom. The van der Waals surface area contributed by atoms with E-state index in [9.17, 15) is 0 Å². The van der Waals surface area contributed by atoms with Gasteiger partial charge in [-0.2, -0.15) is 0 Å². The molecule has 0 radical (unpaired) electrons. The molecule has 0 saturated carbocycles. The Morgan fingerprint density at radius 2 is 0.976 bits per heavy atom. The van der Waals surface area contributed by atoms with Gasteiger partial charge in [0.2, 0.25) is 0 Å². The van der Waals surface area contributed by atoms with Crippen LogP contribution in [0.2, 0.25) is 0 Å². The number of unbranched alkanes of at least 4 members (excludes halogenated alkanes) is 5. The SMILES string of the molecule is C#Cc1ccc(-c2nnn(CCCCCCCCn3nnc(-c4ccc(C#C)c(CC)c4)c3CC)c2CC)cc1CC. The van der Waals surface area contributed by atoms with Crippen LogP contribution in [-0.2, 0) is 38.8 Å². The molecular weight excluding hydrogens is 516 g/mol. The second-order valence-corrected chi connectivity index (χ2v) is 10.8. The van der Waals surface area contributed by atoms with E-state index in [1.54, 1.807) is 0 Å². The molecule has 42 heavy (non-hydrogen) atoms. The first-order chi connectivity index (χ1) is 20.6. The van der Waals surface area contributed by atoms with E-state index in [-0.39, 0.29) is 0 Å². The number of aromatic nitrogens is 6. The lowest BCUT2D eigenvalue weighted by atomic mass is 9.99. The van der Waals surface area contributed by atoms with Crippen LogP contribution >= 0.6 is 0 Å². The fourth-order valence-corrected chi connectivity index (χ4v) is 5.75. The molecule has 4 aromatic rings. The Morgan fingerprint density at radius 1 is 0.571 bits per heavy atom. The third-order valence-corrected chi connectivity index (χ3v) is 8.16. The van der Waals surface area contributed by atoms with E-state index < -0.39 is 0 Å². The number of nitrogens with zero attached hydrogens (tertiary/aromatic N) is 6. The molecule has 0 unspecified atom stereocenters. The van der Waals surface area contributed by atoms with Gasteiger partial charge in [-0.25, -0.2) is 9.36 Å². The van der Waals surface area contributed by atoms with Crippen molar-refractivity contribution in [3.63, 3.8) is 0 Å². The molecule has 0 atom stereocenters. The van der Waals surface area contributed by atoms with Crippen molar-refractivity contribution in [3.8, 4) is 47.2 Å². The summed E-state index contributed by atoms with van der Waals surface area (Å²) in [4.78, 5) is 0.